The molecule has 4 nitrogen and oxygen atoms in total. The standard InChI is InChI=1S/Ca.O2P.2H2O.2H/c;1-3-2;;;;/h;;2*1H2;;. The molecule has 37 valence electrons. The van der Waals surface area contributed by atoms with Crippen LogP contribution in [-0.2, 0) is 9.13 Å². The Morgan fingerprint density at radius 1 is 1.00 bits per heavy atom. The third-order valence-electron chi connectivity index (χ3n) is 0. The average molecular weight is 141 g/mol. The Labute approximate surface area is 65.8 Å². The van der Waals surface area contributed by atoms with Gasteiger partial charge in [-0.25, -0.2) is 0 Å². The molecule has 0 aliphatic heterocycles. The fourth-order valence-corrected chi connectivity index (χ4v) is 0. The van der Waals surface area contributed by atoms with Crippen molar-refractivity contribution in [3.05, 3.63) is 0 Å². The molecule has 0 heterocycles. The molecule has 0 saturated carbocycles. The fourth-order valence-electron chi connectivity index (χ4n) is 0. The van der Waals surface area contributed by atoms with Crippen molar-refractivity contribution in [1.29, 1.82) is 0 Å². The van der Waals surface area contributed by atoms with Crippen LogP contribution in [0.3, 0.4) is 0 Å². The van der Waals surface area contributed by atoms with Crippen LogP contribution in [0.1, 0.15) is 0 Å². The van der Waals surface area contributed by atoms with E-state index in [2.05, 4.69) is 0 Å². The van der Waals surface area contributed by atoms with E-state index in [4.69, 9.17) is 9.13 Å². The second kappa shape index (κ2) is 34.5. The molecule has 4 N–H and O–H groups in total. The fraction of sp³-hybridized carbons (Fsp3) is 0. The van der Waals surface area contributed by atoms with Crippen molar-refractivity contribution in [3.63, 3.8) is 0 Å². The minimum absolute atomic E-state index is 0. The van der Waals surface area contributed by atoms with Crippen LogP contribution in [0.5, 0.6) is 0 Å². The van der Waals surface area contributed by atoms with Crippen LogP contribution < -0.4 is 0 Å². The average Bonchev–Trinajstić information content (AvgIpc) is 0.918. The van der Waals surface area contributed by atoms with Crippen molar-refractivity contribution in [2.24, 2.45) is 0 Å². The molecule has 0 spiro atoms. The van der Waals surface area contributed by atoms with Gasteiger partial charge in [0.1, 0.15) is 0 Å². The Morgan fingerprint density at radius 2 is 1.00 bits per heavy atom. The van der Waals surface area contributed by atoms with Gasteiger partial charge in [0, 0.05) is 0 Å². The first-order valence-corrected chi connectivity index (χ1v) is 1.10. The Bertz CT molecular complexity index is 28.5. The van der Waals surface area contributed by atoms with Crippen molar-refractivity contribution in [2.45, 2.75) is 0 Å². The van der Waals surface area contributed by atoms with E-state index in [1.165, 1.54) is 0 Å². The van der Waals surface area contributed by atoms with Gasteiger partial charge in [-0.3, -0.25) is 0 Å². The van der Waals surface area contributed by atoms with Crippen LogP contribution in [-0.4, -0.2) is 48.7 Å². The van der Waals surface area contributed by atoms with Crippen molar-refractivity contribution in [3.8, 4) is 0 Å². The van der Waals surface area contributed by atoms with Crippen LogP contribution in [0.15, 0.2) is 0 Å². The summed E-state index contributed by atoms with van der Waals surface area (Å²) in [6.45, 7) is 0. The van der Waals surface area contributed by atoms with Gasteiger partial charge in [0.05, 0.1) is 0 Å². The van der Waals surface area contributed by atoms with E-state index in [-0.39, 0.29) is 48.7 Å². The van der Waals surface area contributed by atoms with Gasteiger partial charge in [-0.05, 0) is 0 Å². The summed E-state index contributed by atoms with van der Waals surface area (Å²) < 4.78 is 16.7. The van der Waals surface area contributed by atoms with E-state index in [1.54, 1.807) is 0 Å². The molecule has 0 saturated heterocycles. The van der Waals surface area contributed by atoms with Crippen molar-refractivity contribution < 1.29 is 20.1 Å². The quantitative estimate of drug-likeness (QED) is 0.289. The molecule has 0 aromatic heterocycles. The van der Waals surface area contributed by atoms with E-state index in [0.29, 0.717) is 0 Å². The summed E-state index contributed by atoms with van der Waals surface area (Å²) >= 11 is 0. The summed E-state index contributed by atoms with van der Waals surface area (Å²) in [4.78, 5) is 0. The van der Waals surface area contributed by atoms with E-state index < -0.39 is 8.34 Å². The topological polar surface area (TPSA) is 97.1 Å². The van der Waals surface area contributed by atoms with E-state index in [0.717, 1.165) is 0 Å². The summed E-state index contributed by atoms with van der Waals surface area (Å²) in [6.07, 6.45) is 0. The van der Waals surface area contributed by atoms with Crippen molar-refractivity contribution in [2.75, 3.05) is 0 Å². The Kier molecular flexibility index (Phi) is 155. The molecule has 0 unspecified atom stereocenters. The third kappa shape index (κ3) is 63.1. The molecular formula is H6CaO4P. The van der Waals surface area contributed by atoms with Gasteiger partial charge in [-0.1, -0.05) is 0 Å². The van der Waals surface area contributed by atoms with E-state index in [1.807, 2.05) is 0 Å². The summed E-state index contributed by atoms with van der Waals surface area (Å²) in [7, 11) is -1.08. The number of hydrogen-bond acceptors (Lipinski definition) is 2. The summed E-state index contributed by atoms with van der Waals surface area (Å²) in [5.41, 5.74) is 0. The van der Waals surface area contributed by atoms with Crippen LogP contribution in [0.2, 0.25) is 0 Å². The zero-order valence-corrected chi connectivity index (χ0v) is 3.16. The van der Waals surface area contributed by atoms with Gasteiger partial charge >= 0.3 is 55.2 Å². The van der Waals surface area contributed by atoms with E-state index >= 15 is 0 Å². The molecule has 0 rings (SSSR count). The molecule has 6 heavy (non-hydrogen) atoms. The van der Waals surface area contributed by atoms with Crippen molar-refractivity contribution in [1.82, 2.24) is 0 Å². The molecule has 0 aromatic rings. The first-order chi connectivity index (χ1) is 1.41. The molecule has 6 heteroatoms. The molecule has 0 bridgehead atoms. The molecule has 1 radical (unpaired) electrons. The number of hydrogen-bond donors (Lipinski definition) is 0. The SMILES string of the molecule is O.O.O=[P]=O.[CaH2]. The number of rotatable bonds is 0. The van der Waals surface area contributed by atoms with E-state index in [9.17, 15) is 0 Å². The van der Waals surface area contributed by atoms with Gasteiger partial charge in [0.25, 0.3) is 0 Å². The van der Waals surface area contributed by atoms with Crippen LogP contribution in [0, 0.1) is 0 Å². The predicted molar refractivity (Wildman–Crippen MR) is 24.1 cm³/mol. The Morgan fingerprint density at radius 3 is 1.00 bits per heavy atom. The monoisotopic (exact) mass is 141 g/mol. The summed E-state index contributed by atoms with van der Waals surface area (Å²) in [5.74, 6) is 0. The van der Waals surface area contributed by atoms with Gasteiger partial charge in [0.2, 0.25) is 0 Å². The molecule has 0 aliphatic carbocycles. The Hall–Kier alpha value is 1.21. The Balaban J connectivity index is -0.00000000667. The zero-order chi connectivity index (χ0) is 2.71. The van der Waals surface area contributed by atoms with Gasteiger partial charge in [-0.15, -0.1) is 0 Å². The molecule has 0 fully saturated rings. The molecular weight excluding hydrogens is 135 g/mol. The normalized spacial score (nSPS) is 1.33. The maximum atomic E-state index is 8.35. The molecule has 0 atom stereocenters. The minimum atomic E-state index is -1.08. The van der Waals surface area contributed by atoms with Crippen LogP contribution in [0.4, 0.5) is 0 Å². The first kappa shape index (κ1) is 27.0. The maximum absolute atomic E-state index is 8.35. The molecule has 0 amide bonds. The zero-order valence-electron chi connectivity index (χ0n) is 2.26. The molecule has 0 aliphatic rings. The van der Waals surface area contributed by atoms with Gasteiger partial charge in [-0.2, -0.15) is 0 Å². The van der Waals surface area contributed by atoms with Gasteiger partial charge in [0.15, 0.2) is 0 Å². The predicted octanol–water partition coefficient (Wildman–Crippen LogP) is -1.94. The van der Waals surface area contributed by atoms with Gasteiger partial charge < -0.3 is 11.0 Å². The first-order valence-electron chi connectivity index (χ1n) is 0.365. The summed E-state index contributed by atoms with van der Waals surface area (Å²) in [6, 6.07) is 0. The third-order valence-corrected chi connectivity index (χ3v) is 0. The second-order valence-electron chi connectivity index (χ2n) is 0.0745. The molecule has 0 aromatic carbocycles. The van der Waals surface area contributed by atoms with Crippen molar-refractivity contribution >= 4 is 46.1 Å². The van der Waals surface area contributed by atoms with Crippen LogP contribution >= 0.6 is 8.34 Å². The second-order valence-corrected chi connectivity index (χ2v) is 0.224. The van der Waals surface area contributed by atoms with Crippen LogP contribution in [0.25, 0.3) is 0 Å². The summed E-state index contributed by atoms with van der Waals surface area (Å²) in [5, 5.41) is 0.